The topological polar surface area (TPSA) is 40.5 Å². The smallest absolute Gasteiger partial charge is 0.0568 e. The SMILES string of the molecule is CC1CCC(O)C(CCCCCO)C1. The van der Waals surface area contributed by atoms with Crippen LogP contribution in [0.4, 0.5) is 0 Å². The summed E-state index contributed by atoms with van der Waals surface area (Å²) in [6.45, 7) is 2.59. The standard InChI is InChI=1S/C12H24O2/c1-10-6-7-12(14)11(9-10)5-3-2-4-8-13/h10-14H,2-9H2,1H3. The zero-order chi connectivity index (χ0) is 10.4. The van der Waals surface area contributed by atoms with Crippen molar-refractivity contribution in [1.29, 1.82) is 0 Å². The van der Waals surface area contributed by atoms with Crippen LogP contribution in [0.15, 0.2) is 0 Å². The summed E-state index contributed by atoms with van der Waals surface area (Å²) in [5.74, 6) is 1.32. The Bertz CT molecular complexity index is 147. The molecular formula is C12H24O2. The first kappa shape index (κ1) is 12.0. The van der Waals surface area contributed by atoms with Gasteiger partial charge in [-0.15, -0.1) is 0 Å². The maximum absolute atomic E-state index is 9.79. The largest absolute Gasteiger partial charge is 0.396 e. The Labute approximate surface area is 87.3 Å². The quantitative estimate of drug-likeness (QED) is 0.669. The summed E-state index contributed by atoms with van der Waals surface area (Å²) in [6.07, 6.45) is 7.65. The number of hydrogen-bond acceptors (Lipinski definition) is 2. The fraction of sp³-hybridized carbons (Fsp3) is 1.00. The minimum Gasteiger partial charge on any atom is -0.396 e. The van der Waals surface area contributed by atoms with Gasteiger partial charge in [0.25, 0.3) is 0 Å². The second-order valence-corrected chi connectivity index (χ2v) is 4.82. The van der Waals surface area contributed by atoms with Gasteiger partial charge in [-0.1, -0.05) is 19.8 Å². The van der Waals surface area contributed by atoms with Crippen molar-refractivity contribution in [3.8, 4) is 0 Å². The maximum Gasteiger partial charge on any atom is 0.0568 e. The summed E-state index contributed by atoms with van der Waals surface area (Å²) in [6, 6.07) is 0. The van der Waals surface area contributed by atoms with E-state index in [2.05, 4.69) is 6.92 Å². The van der Waals surface area contributed by atoms with E-state index in [0.717, 1.165) is 38.0 Å². The lowest BCUT2D eigenvalue weighted by Gasteiger charge is -2.31. The number of rotatable bonds is 5. The van der Waals surface area contributed by atoms with Crippen LogP contribution in [0.25, 0.3) is 0 Å². The van der Waals surface area contributed by atoms with Crippen LogP contribution in [0.3, 0.4) is 0 Å². The van der Waals surface area contributed by atoms with Gasteiger partial charge in [-0.3, -0.25) is 0 Å². The molecule has 0 aromatic heterocycles. The molecule has 1 fully saturated rings. The fourth-order valence-electron chi connectivity index (χ4n) is 2.49. The predicted octanol–water partition coefficient (Wildman–Crippen LogP) is 2.34. The normalized spacial score (nSPS) is 33.2. The zero-order valence-electron chi connectivity index (χ0n) is 9.28. The highest BCUT2D eigenvalue weighted by Gasteiger charge is 2.26. The van der Waals surface area contributed by atoms with E-state index in [1.807, 2.05) is 0 Å². The molecule has 14 heavy (non-hydrogen) atoms. The first-order valence-corrected chi connectivity index (χ1v) is 6.03. The molecule has 1 aliphatic carbocycles. The van der Waals surface area contributed by atoms with Crippen molar-refractivity contribution in [2.75, 3.05) is 6.61 Å². The highest BCUT2D eigenvalue weighted by Crippen LogP contribution is 2.32. The number of aliphatic hydroxyl groups excluding tert-OH is 2. The molecule has 3 unspecified atom stereocenters. The van der Waals surface area contributed by atoms with Crippen LogP contribution >= 0.6 is 0 Å². The molecule has 1 aliphatic rings. The molecule has 0 spiro atoms. The van der Waals surface area contributed by atoms with Crippen LogP contribution in [0.1, 0.15) is 51.9 Å². The van der Waals surface area contributed by atoms with E-state index in [1.54, 1.807) is 0 Å². The molecule has 1 saturated carbocycles. The van der Waals surface area contributed by atoms with E-state index in [4.69, 9.17) is 5.11 Å². The van der Waals surface area contributed by atoms with E-state index in [9.17, 15) is 5.11 Å². The Morgan fingerprint density at radius 3 is 2.64 bits per heavy atom. The molecule has 0 radical (unpaired) electrons. The highest BCUT2D eigenvalue weighted by atomic mass is 16.3. The molecule has 0 aromatic carbocycles. The molecule has 1 rings (SSSR count). The predicted molar refractivity (Wildman–Crippen MR) is 58.1 cm³/mol. The molecule has 0 aliphatic heterocycles. The summed E-state index contributed by atoms with van der Waals surface area (Å²) < 4.78 is 0. The third-order valence-electron chi connectivity index (χ3n) is 3.44. The maximum atomic E-state index is 9.79. The van der Waals surface area contributed by atoms with Gasteiger partial charge >= 0.3 is 0 Å². The van der Waals surface area contributed by atoms with Crippen LogP contribution in [-0.2, 0) is 0 Å². The highest BCUT2D eigenvalue weighted by molar-refractivity contribution is 4.77. The van der Waals surface area contributed by atoms with Crippen LogP contribution in [0, 0.1) is 11.8 Å². The molecule has 0 saturated heterocycles. The monoisotopic (exact) mass is 200 g/mol. The first-order valence-electron chi connectivity index (χ1n) is 6.03. The van der Waals surface area contributed by atoms with Gasteiger partial charge in [0.2, 0.25) is 0 Å². The Morgan fingerprint density at radius 2 is 1.93 bits per heavy atom. The second-order valence-electron chi connectivity index (χ2n) is 4.82. The van der Waals surface area contributed by atoms with Gasteiger partial charge in [-0.25, -0.2) is 0 Å². The lowest BCUT2D eigenvalue weighted by atomic mass is 9.78. The average molecular weight is 200 g/mol. The molecule has 0 amide bonds. The van der Waals surface area contributed by atoms with Crippen LogP contribution < -0.4 is 0 Å². The summed E-state index contributed by atoms with van der Waals surface area (Å²) in [5, 5.41) is 18.4. The van der Waals surface area contributed by atoms with Crippen molar-refractivity contribution in [2.24, 2.45) is 11.8 Å². The third kappa shape index (κ3) is 3.97. The number of aliphatic hydroxyl groups is 2. The zero-order valence-corrected chi connectivity index (χ0v) is 9.28. The molecular weight excluding hydrogens is 176 g/mol. The Morgan fingerprint density at radius 1 is 1.14 bits per heavy atom. The molecule has 0 heterocycles. The summed E-state index contributed by atoms with van der Waals surface area (Å²) in [4.78, 5) is 0. The Balaban J connectivity index is 2.14. The Kier molecular flexibility index (Phi) is 5.49. The van der Waals surface area contributed by atoms with Crippen molar-refractivity contribution in [2.45, 2.75) is 58.0 Å². The fourth-order valence-corrected chi connectivity index (χ4v) is 2.49. The van der Waals surface area contributed by atoms with Gasteiger partial charge < -0.3 is 10.2 Å². The minimum atomic E-state index is -0.0553. The summed E-state index contributed by atoms with van der Waals surface area (Å²) in [7, 11) is 0. The molecule has 3 atom stereocenters. The van der Waals surface area contributed by atoms with Crippen molar-refractivity contribution >= 4 is 0 Å². The average Bonchev–Trinajstić information content (AvgIpc) is 2.18. The van der Waals surface area contributed by atoms with E-state index in [-0.39, 0.29) is 6.10 Å². The number of hydrogen-bond donors (Lipinski definition) is 2. The first-order chi connectivity index (χ1) is 6.74. The lowest BCUT2D eigenvalue weighted by molar-refractivity contribution is 0.0459. The third-order valence-corrected chi connectivity index (χ3v) is 3.44. The molecule has 84 valence electrons. The summed E-state index contributed by atoms with van der Waals surface area (Å²) in [5.41, 5.74) is 0. The van der Waals surface area contributed by atoms with Gasteiger partial charge in [-0.05, 0) is 43.9 Å². The summed E-state index contributed by atoms with van der Waals surface area (Å²) >= 11 is 0. The molecule has 2 N–H and O–H groups in total. The Hall–Kier alpha value is -0.0800. The van der Waals surface area contributed by atoms with Crippen molar-refractivity contribution in [3.05, 3.63) is 0 Å². The molecule has 2 heteroatoms. The molecule has 0 bridgehead atoms. The van der Waals surface area contributed by atoms with Crippen LogP contribution in [0.5, 0.6) is 0 Å². The van der Waals surface area contributed by atoms with Gasteiger partial charge in [-0.2, -0.15) is 0 Å². The van der Waals surface area contributed by atoms with Crippen molar-refractivity contribution < 1.29 is 10.2 Å². The van der Waals surface area contributed by atoms with E-state index >= 15 is 0 Å². The van der Waals surface area contributed by atoms with Gasteiger partial charge in [0.05, 0.1) is 6.10 Å². The van der Waals surface area contributed by atoms with Gasteiger partial charge in [0, 0.05) is 6.61 Å². The van der Waals surface area contributed by atoms with Gasteiger partial charge in [0.1, 0.15) is 0 Å². The van der Waals surface area contributed by atoms with Crippen molar-refractivity contribution in [3.63, 3.8) is 0 Å². The number of unbranched alkanes of at least 4 members (excludes halogenated alkanes) is 2. The van der Waals surface area contributed by atoms with E-state index in [1.165, 1.54) is 12.8 Å². The van der Waals surface area contributed by atoms with Gasteiger partial charge in [0.15, 0.2) is 0 Å². The van der Waals surface area contributed by atoms with Crippen LogP contribution in [0.2, 0.25) is 0 Å². The minimum absolute atomic E-state index is 0.0553. The molecule has 2 nitrogen and oxygen atoms in total. The molecule has 0 aromatic rings. The lowest BCUT2D eigenvalue weighted by Crippen LogP contribution is -2.28. The van der Waals surface area contributed by atoms with E-state index < -0.39 is 0 Å². The second kappa shape index (κ2) is 6.41. The van der Waals surface area contributed by atoms with Crippen molar-refractivity contribution in [1.82, 2.24) is 0 Å². The van der Waals surface area contributed by atoms with E-state index in [0.29, 0.717) is 12.5 Å². The van der Waals surface area contributed by atoms with Crippen LogP contribution in [-0.4, -0.2) is 22.9 Å².